The highest BCUT2D eigenvalue weighted by Gasteiger charge is 2.28. The summed E-state index contributed by atoms with van der Waals surface area (Å²) in [6.45, 7) is 1.55. The molecule has 0 aromatic heterocycles. The topological polar surface area (TPSA) is 46.6 Å². The van der Waals surface area contributed by atoms with Crippen molar-refractivity contribution in [1.29, 1.82) is 0 Å². The molecule has 1 atom stereocenters. The first-order valence-corrected chi connectivity index (χ1v) is 10.4. The monoisotopic (exact) mass is 399 g/mol. The van der Waals surface area contributed by atoms with Crippen molar-refractivity contribution in [3.63, 3.8) is 0 Å². The molecule has 1 aliphatic rings. The van der Waals surface area contributed by atoms with Crippen LogP contribution in [-0.2, 0) is 4.79 Å². The molecule has 0 radical (unpaired) electrons. The van der Waals surface area contributed by atoms with Crippen LogP contribution in [-0.4, -0.2) is 29.7 Å². The third kappa shape index (κ3) is 4.60. The van der Waals surface area contributed by atoms with Gasteiger partial charge in [0, 0.05) is 29.8 Å². The number of benzene rings is 3. The van der Waals surface area contributed by atoms with E-state index in [1.165, 1.54) is 0 Å². The van der Waals surface area contributed by atoms with Crippen LogP contribution in [0.2, 0.25) is 0 Å². The number of carbonyl (C=O) groups excluding carboxylic acids is 2. The van der Waals surface area contributed by atoms with E-state index in [4.69, 9.17) is 4.74 Å². The van der Waals surface area contributed by atoms with Crippen LogP contribution in [0.15, 0.2) is 84.9 Å². The number of hydrogen-bond acceptors (Lipinski definition) is 3. The molecule has 0 bridgehead atoms. The number of rotatable bonds is 6. The van der Waals surface area contributed by atoms with Crippen molar-refractivity contribution in [3.8, 4) is 5.75 Å². The Labute approximate surface area is 177 Å². The van der Waals surface area contributed by atoms with Crippen LogP contribution < -0.4 is 4.74 Å². The number of nitrogens with zero attached hydrogens (tertiary/aromatic N) is 1. The molecule has 0 spiro atoms. The maximum Gasteiger partial charge on any atom is 0.268 e. The summed E-state index contributed by atoms with van der Waals surface area (Å²) in [5, 5.41) is 0. The van der Waals surface area contributed by atoms with Gasteiger partial charge in [0.25, 0.3) is 5.91 Å². The second-order valence-corrected chi connectivity index (χ2v) is 7.51. The average Bonchev–Trinajstić information content (AvgIpc) is 2.84. The van der Waals surface area contributed by atoms with Crippen molar-refractivity contribution >= 4 is 11.7 Å². The summed E-state index contributed by atoms with van der Waals surface area (Å²) in [4.78, 5) is 27.7. The zero-order chi connectivity index (χ0) is 20.8. The minimum Gasteiger partial charge on any atom is -0.476 e. The molecule has 3 aromatic rings. The van der Waals surface area contributed by atoms with E-state index in [2.05, 4.69) is 0 Å². The minimum absolute atomic E-state index is 0.00895. The van der Waals surface area contributed by atoms with Crippen molar-refractivity contribution in [2.45, 2.75) is 25.4 Å². The van der Waals surface area contributed by atoms with Crippen molar-refractivity contribution in [2.75, 3.05) is 13.1 Å². The standard InChI is InChI=1S/C26H25NO3/c28-24(20-10-4-1-5-11-20)21-14-16-23(17-15-21)30-25(22-12-6-2-7-13-22)26(29)27-18-8-3-9-19-27/h1-2,4-7,10-17,25H,3,8-9,18-19H2/t25-/m0/s1. The molecule has 1 fully saturated rings. The third-order valence-corrected chi connectivity index (χ3v) is 5.40. The molecule has 1 amide bonds. The quantitative estimate of drug-likeness (QED) is 0.545. The Hall–Kier alpha value is -3.40. The molecule has 1 heterocycles. The maximum atomic E-state index is 13.2. The third-order valence-electron chi connectivity index (χ3n) is 5.40. The van der Waals surface area contributed by atoms with Crippen LogP contribution in [0.3, 0.4) is 0 Å². The van der Waals surface area contributed by atoms with Gasteiger partial charge in [-0.3, -0.25) is 9.59 Å². The molecule has 4 nitrogen and oxygen atoms in total. The van der Waals surface area contributed by atoms with Gasteiger partial charge in [-0.1, -0.05) is 60.7 Å². The second-order valence-electron chi connectivity index (χ2n) is 7.51. The molecular formula is C26H25NO3. The molecule has 1 aliphatic heterocycles. The summed E-state index contributed by atoms with van der Waals surface area (Å²) in [6, 6.07) is 25.8. The highest BCUT2D eigenvalue weighted by molar-refractivity contribution is 6.09. The van der Waals surface area contributed by atoms with Gasteiger partial charge in [0.2, 0.25) is 6.10 Å². The van der Waals surface area contributed by atoms with Gasteiger partial charge in [-0.25, -0.2) is 0 Å². The van der Waals surface area contributed by atoms with E-state index in [-0.39, 0.29) is 11.7 Å². The van der Waals surface area contributed by atoms with Gasteiger partial charge in [-0.15, -0.1) is 0 Å². The SMILES string of the molecule is O=C(c1ccccc1)c1ccc(O[C@H](C(=O)N2CCCCC2)c2ccccc2)cc1. The fraction of sp³-hybridized carbons (Fsp3) is 0.231. The number of amides is 1. The van der Waals surface area contributed by atoms with Gasteiger partial charge in [-0.2, -0.15) is 0 Å². The van der Waals surface area contributed by atoms with Gasteiger partial charge in [0.15, 0.2) is 5.78 Å². The Morgan fingerprint density at radius 1 is 0.700 bits per heavy atom. The van der Waals surface area contributed by atoms with Crippen LogP contribution >= 0.6 is 0 Å². The summed E-state index contributed by atoms with van der Waals surface area (Å²) in [5.41, 5.74) is 2.07. The number of carbonyl (C=O) groups is 2. The first-order valence-electron chi connectivity index (χ1n) is 10.4. The van der Waals surface area contributed by atoms with Crippen molar-refractivity contribution in [1.82, 2.24) is 4.90 Å². The van der Waals surface area contributed by atoms with E-state index in [0.717, 1.165) is 37.9 Å². The molecular weight excluding hydrogens is 374 g/mol. The Morgan fingerprint density at radius 2 is 1.27 bits per heavy atom. The first kappa shape index (κ1) is 19.9. The van der Waals surface area contributed by atoms with E-state index < -0.39 is 6.10 Å². The van der Waals surface area contributed by atoms with Crippen molar-refractivity contribution in [3.05, 3.63) is 102 Å². The molecule has 3 aromatic carbocycles. The van der Waals surface area contributed by atoms with E-state index in [9.17, 15) is 9.59 Å². The first-order chi connectivity index (χ1) is 14.7. The van der Waals surface area contributed by atoms with E-state index in [0.29, 0.717) is 16.9 Å². The van der Waals surface area contributed by atoms with Crippen molar-refractivity contribution < 1.29 is 14.3 Å². The van der Waals surface area contributed by atoms with Crippen LogP contribution in [0.5, 0.6) is 5.75 Å². The molecule has 30 heavy (non-hydrogen) atoms. The number of ketones is 1. The largest absolute Gasteiger partial charge is 0.476 e. The second kappa shape index (κ2) is 9.40. The minimum atomic E-state index is -0.694. The number of piperidine rings is 1. The number of hydrogen-bond donors (Lipinski definition) is 0. The van der Waals surface area contributed by atoms with E-state index in [1.54, 1.807) is 36.4 Å². The smallest absolute Gasteiger partial charge is 0.268 e. The fourth-order valence-electron chi connectivity index (χ4n) is 3.75. The van der Waals surface area contributed by atoms with Crippen LogP contribution in [0.25, 0.3) is 0 Å². The Bertz CT molecular complexity index is 978. The molecule has 0 unspecified atom stereocenters. The molecule has 152 valence electrons. The number of likely N-dealkylation sites (tertiary alicyclic amines) is 1. The van der Waals surface area contributed by atoms with Gasteiger partial charge in [0.1, 0.15) is 5.75 Å². The summed E-state index contributed by atoms with van der Waals surface area (Å²) >= 11 is 0. The molecule has 4 rings (SSSR count). The molecule has 1 saturated heterocycles. The van der Waals surface area contributed by atoms with Gasteiger partial charge in [0.05, 0.1) is 0 Å². The predicted octanol–water partition coefficient (Wildman–Crippen LogP) is 5.05. The van der Waals surface area contributed by atoms with Crippen LogP contribution in [0, 0.1) is 0 Å². The lowest BCUT2D eigenvalue weighted by Gasteiger charge is -2.30. The normalized spacial score (nSPS) is 14.7. The Kier molecular flexibility index (Phi) is 6.23. The summed E-state index contributed by atoms with van der Waals surface area (Å²) < 4.78 is 6.15. The van der Waals surface area contributed by atoms with Gasteiger partial charge < -0.3 is 9.64 Å². The zero-order valence-electron chi connectivity index (χ0n) is 16.9. The van der Waals surface area contributed by atoms with Crippen LogP contribution in [0.4, 0.5) is 0 Å². The fourth-order valence-corrected chi connectivity index (χ4v) is 3.75. The summed E-state index contributed by atoms with van der Waals surface area (Å²) in [5.74, 6) is 0.523. The lowest BCUT2D eigenvalue weighted by Crippen LogP contribution is -2.40. The molecule has 0 N–H and O–H groups in total. The predicted molar refractivity (Wildman–Crippen MR) is 117 cm³/mol. The van der Waals surface area contributed by atoms with Gasteiger partial charge in [-0.05, 0) is 43.5 Å². The summed E-state index contributed by atoms with van der Waals surface area (Å²) in [7, 11) is 0. The highest BCUT2D eigenvalue weighted by atomic mass is 16.5. The lowest BCUT2D eigenvalue weighted by atomic mass is 10.0. The van der Waals surface area contributed by atoms with Crippen molar-refractivity contribution in [2.24, 2.45) is 0 Å². The van der Waals surface area contributed by atoms with E-state index >= 15 is 0 Å². The Balaban J connectivity index is 1.54. The maximum absolute atomic E-state index is 13.2. The van der Waals surface area contributed by atoms with E-state index in [1.807, 2.05) is 53.4 Å². The molecule has 0 saturated carbocycles. The average molecular weight is 399 g/mol. The van der Waals surface area contributed by atoms with Gasteiger partial charge >= 0.3 is 0 Å². The zero-order valence-corrected chi connectivity index (χ0v) is 16.9. The lowest BCUT2D eigenvalue weighted by molar-refractivity contribution is -0.140. The molecule has 0 aliphatic carbocycles. The number of ether oxygens (including phenoxy) is 1. The Morgan fingerprint density at radius 3 is 1.90 bits per heavy atom. The highest BCUT2D eigenvalue weighted by Crippen LogP contribution is 2.26. The molecule has 4 heteroatoms. The summed E-state index contributed by atoms with van der Waals surface area (Å²) in [6.07, 6.45) is 2.53. The van der Waals surface area contributed by atoms with Crippen LogP contribution in [0.1, 0.15) is 46.9 Å².